The van der Waals surface area contributed by atoms with Gasteiger partial charge < -0.3 is 4.90 Å². The van der Waals surface area contributed by atoms with Crippen molar-refractivity contribution < 1.29 is 0 Å². The smallest absolute Gasteiger partial charge is 0.233 e. The number of imidazole rings is 1. The summed E-state index contributed by atoms with van der Waals surface area (Å²) in [5.74, 6) is 2.01. The van der Waals surface area contributed by atoms with Gasteiger partial charge in [-0.3, -0.25) is 4.57 Å². The number of piperidine rings is 1. The van der Waals surface area contributed by atoms with Crippen molar-refractivity contribution in [2.24, 2.45) is 0 Å². The fraction of sp³-hybridized carbons (Fsp3) is 0.500. The molecule has 1 fully saturated rings. The van der Waals surface area contributed by atoms with Gasteiger partial charge in [0.2, 0.25) is 5.78 Å². The van der Waals surface area contributed by atoms with Crippen LogP contribution in [0.1, 0.15) is 25.1 Å². The molecular formula is C16H21N5. The van der Waals surface area contributed by atoms with E-state index in [1.54, 1.807) is 0 Å². The first-order valence-electron chi connectivity index (χ1n) is 7.86. The third-order valence-corrected chi connectivity index (χ3v) is 4.49. The normalized spacial score (nSPS) is 17.0. The predicted octanol–water partition coefficient (Wildman–Crippen LogP) is 2.48. The minimum atomic E-state index is 0.964. The van der Waals surface area contributed by atoms with Crippen molar-refractivity contribution in [2.75, 3.05) is 19.6 Å². The molecule has 1 aromatic carbocycles. The van der Waals surface area contributed by atoms with E-state index in [1.165, 1.54) is 32.4 Å². The number of aryl methyl sites for hydroxylation is 1. The van der Waals surface area contributed by atoms with Gasteiger partial charge in [0.15, 0.2) is 0 Å². The Morgan fingerprint density at radius 1 is 1.05 bits per heavy atom. The average molecular weight is 283 g/mol. The van der Waals surface area contributed by atoms with E-state index in [9.17, 15) is 0 Å². The first kappa shape index (κ1) is 12.8. The summed E-state index contributed by atoms with van der Waals surface area (Å²) >= 11 is 0. The van der Waals surface area contributed by atoms with E-state index >= 15 is 0 Å². The summed E-state index contributed by atoms with van der Waals surface area (Å²) in [7, 11) is 0. The van der Waals surface area contributed by atoms with E-state index in [0.29, 0.717) is 0 Å². The van der Waals surface area contributed by atoms with Crippen molar-refractivity contribution >= 4 is 16.8 Å². The largest absolute Gasteiger partial charge is 0.302 e. The highest BCUT2D eigenvalue weighted by atomic mass is 15.4. The molecule has 21 heavy (non-hydrogen) atoms. The van der Waals surface area contributed by atoms with Crippen molar-refractivity contribution in [1.29, 1.82) is 0 Å². The Labute approximate surface area is 124 Å². The molecule has 5 nitrogen and oxygen atoms in total. The summed E-state index contributed by atoms with van der Waals surface area (Å²) in [6.07, 6.45) is 4.06. The molecule has 0 spiro atoms. The first-order chi connectivity index (χ1) is 10.3. The summed E-state index contributed by atoms with van der Waals surface area (Å²) in [4.78, 5) is 7.30. The van der Waals surface area contributed by atoms with Gasteiger partial charge in [0.05, 0.1) is 11.0 Å². The van der Waals surface area contributed by atoms with Crippen LogP contribution < -0.4 is 0 Å². The van der Waals surface area contributed by atoms with Crippen LogP contribution in [0.4, 0.5) is 0 Å². The van der Waals surface area contributed by atoms with E-state index in [0.717, 1.165) is 35.7 Å². The maximum atomic E-state index is 4.74. The molecule has 1 saturated heterocycles. The molecule has 0 amide bonds. The zero-order valence-corrected chi connectivity index (χ0v) is 12.5. The monoisotopic (exact) mass is 283 g/mol. The number of hydrogen-bond donors (Lipinski definition) is 0. The lowest BCUT2D eigenvalue weighted by Crippen LogP contribution is -2.32. The Bertz CT molecular complexity index is 764. The molecule has 4 rings (SSSR count). The molecule has 0 N–H and O–H groups in total. The molecule has 0 bridgehead atoms. The topological polar surface area (TPSA) is 38.4 Å². The predicted molar refractivity (Wildman–Crippen MR) is 83.5 cm³/mol. The minimum Gasteiger partial charge on any atom is -0.302 e. The molecule has 110 valence electrons. The molecule has 3 aromatic rings. The van der Waals surface area contributed by atoms with Crippen LogP contribution in [-0.4, -0.2) is 43.7 Å². The number of hydrogen-bond acceptors (Lipinski definition) is 3. The van der Waals surface area contributed by atoms with Gasteiger partial charge in [0.25, 0.3) is 0 Å². The lowest BCUT2D eigenvalue weighted by molar-refractivity contribution is 0.221. The zero-order valence-electron chi connectivity index (χ0n) is 12.5. The maximum absolute atomic E-state index is 4.74. The van der Waals surface area contributed by atoms with Crippen molar-refractivity contribution in [3.8, 4) is 0 Å². The molecule has 3 heterocycles. The SMILES string of the molecule is Cc1nn2c3ccccc3nc2n1CCN1CCCCC1. The second-order valence-electron chi connectivity index (χ2n) is 5.91. The van der Waals surface area contributed by atoms with Gasteiger partial charge in [-0.15, -0.1) is 0 Å². The summed E-state index contributed by atoms with van der Waals surface area (Å²) in [6, 6.07) is 8.20. The maximum Gasteiger partial charge on any atom is 0.233 e. The van der Waals surface area contributed by atoms with E-state index in [4.69, 9.17) is 4.98 Å². The molecule has 0 unspecified atom stereocenters. The van der Waals surface area contributed by atoms with E-state index < -0.39 is 0 Å². The minimum absolute atomic E-state index is 0.964. The Balaban J connectivity index is 1.65. The summed E-state index contributed by atoms with van der Waals surface area (Å²) < 4.78 is 4.22. The molecule has 0 saturated carbocycles. The number of nitrogens with zero attached hydrogens (tertiary/aromatic N) is 5. The van der Waals surface area contributed by atoms with Crippen LogP contribution in [0.15, 0.2) is 24.3 Å². The Morgan fingerprint density at radius 3 is 2.71 bits per heavy atom. The Morgan fingerprint density at radius 2 is 1.86 bits per heavy atom. The van der Waals surface area contributed by atoms with Crippen molar-refractivity contribution in [3.63, 3.8) is 0 Å². The van der Waals surface area contributed by atoms with Crippen LogP contribution in [0, 0.1) is 6.92 Å². The quantitative estimate of drug-likeness (QED) is 0.741. The van der Waals surface area contributed by atoms with E-state index in [2.05, 4.69) is 27.6 Å². The highest BCUT2D eigenvalue weighted by Crippen LogP contribution is 2.17. The molecule has 1 aliphatic rings. The van der Waals surface area contributed by atoms with E-state index in [-0.39, 0.29) is 0 Å². The molecular weight excluding hydrogens is 262 g/mol. The van der Waals surface area contributed by atoms with Gasteiger partial charge in [-0.05, 0) is 45.0 Å². The Kier molecular flexibility index (Phi) is 3.15. The van der Waals surface area contributed by atoms with Gasteiger partial charge in [-0.25, -0.2) is 4.98 Å². The molecule has 2 aromatic heterocycles. The second-order valence-corrected chi connectivity index (χ2v) is 5.91. The number of aromatic nitrogens is 4. The van der Waals surface area contributed by atoms with Crippen molar-refractivity contribution in [2.45, 2.75) is 32.7 Å². The van der Waals surface area contributed by atoms with Crippen LogP contribution >= 0.6 is 0 Å². The number of rotatable bonds is 3. The molecule has 1 aliphatic heterocycles. The van der Waals surface area contributed by atoms with Crippen molar-refractivity contribution in [1.82, 2.24) is 24.1 Å². The zero-order chi connectivity index (χ0) is 14.2. The molecule has 0 aliphatic carbocycles. The van der Waals surface area contributed by atoms with Gasteiger partial charge in [-0.2, -0.15) is 9.61 Å². The third-order valence-electron chi connectivity index (χ3n) is 4.49. The summed E-state index contributed by atoms with van der Waals surface area (Å²) in [5, 5.41) is 4.66. The number of para-hydroxylation sites is 2. The van der Waals surface area contributed by atoms with Crippen molar-refractivity contribution in [3.05, 3.63) is 30.1 Å². The van der Waals surface area contributed by atoms with E-state index in [1.807, 2.05) is 22.7 Å². The number of likely N-dealkylation sites (tertiary alicyclic amines) is 1. The first-order valence-corrected chi connectivity index (χ1v) is 7.86. The van der Waals surface area contributed by atoms with Gasteiger partial charge >= 0.3 is 0 Å². The van der Waals surface area contributed by atoms with Crippen LogP contribution in [0.2, 0.25) is 0 Å². The fourth-order valence-corrected chi connectivity index (χ4v) is 3.30. The number of benzene rings is 1. The van der Waals surface area contributed by atoms with Gasteiger partial charge in [0.1, 0.15) is 5.82 Å². The second kappa shape index (κ2) is 5.15. The average Bonchev–Trinajstić information content (AvgIpc) is 3.01. The standard InChI is InChI=1S/C16H21N5/c1-13-18-21-15-8-4-3-7-14(15)17-16(21)20(13)12-11-19-9-5-2-6-10-19/h3-4,7-8H,2,5-6,9-12H2,1H3. The van der Waals surface area contributed by atoms with Crippen LogP contribution in [0.25, 0.3) is 16.8 Å². The lowest BCUT2D eigenvalue weighted by atomic mass is 10.1. The van der Waals surface area contributed by atoms with Crippen LogP contribution in [0.3, 0.4) is 0 Å². The molecule has 5 heteroatoms. The molecule has 0 atom stereocenters. The summed E-state index contributed by atoms with van der Waals surface area (Å²) in [6.45, 7) is 6.61. The fourth-order valence-electron chi connectivity index (χ4n) is 3.30. The summed E-state index contributed by atoms with van der Waals surface area (Å²) in [5.41, 5.74) is 2.11. The Hall–Kier alpha value is -1.88. The van der Waals surface area contributed by atoms with Crippen LogP contribution in [0.5, 0.6) is 0 Å². The highest BCUT2D eigenvalue weighted by Gasteiger charge is 2.15. The molecule has 0 radical (unpaired) electrons. The van der Waals surface area contributed by atoms with Gasteiger partial charge in [-0.1, -0.05) is 18.6 Å². The number of fused-ring (bicyclic) bond motifs is 3. The van der Waals surface area contributed by atoms with Gasteiger partial charge in [0, 0.05) is 13.1 Å². The third kappa shape index (κ3) is 2.21. The van der Waals surface area contributed by atoms with Crippen LogP contribution in [-0.2, 0) is 6.54 Å². The lowest BCUT2D eigenvalue weighted by Gasteiger charge is -2.26. The highest BCUT2D eigenvalue weighted by molar-refractivity contribution is 5.78.